The quantitative estimate of drug-likeness (QED) is 0.759. The topological polar surface area (TPSA) is 55.8 Å². The molecule has 5 nitrogen and oxygen atoms in total. The number of aliphatic hydroxyl groups is 1. The lowest BCUT2D eigenvalue weighted by molar-refractivity contribution is 0.158. The van der Waals surface area contributed by atoms with E-state index in [0.29, 0.717) is 12.6 Å². The molecule has 0 radical (unpaired) electrons. The number of hydrogen-bond donors (Lipinski definition) is 2. The molecule has 0 aromatic carbocycles. The predicted octanol–water partition coefficient (Wildman–Crippen LogP) is 0.494. The van der Waals surface area contributed by atoms with Crippen LogP contribution < -0.4 is 5.32 Å². The van der Waals surface area contributed by atoms with Crippen molar-refractivity contribution in [3.63, 3.8) is 0 Å². The zero-order chi connectivity index (χ0) is 12.7. The predicted molar refractivity (Wildman–Crippen MR) is 68.0 cm³/mol. The molecule has 0 aromatic heterocycles. The number of piperidine rings is 1. The number of carbonyl (C=O) groups excluding carboxylic acids is 1. The minimum Gasteiger partial charge on any atom is -0.395 e. The summed E-state index contributed by atoms with van der Waals surface area (Å²) >= 11 is 0. The first-order valence-electron chi connectivity index (χ1n) is 6.70. The van der Waals surface area contributed by atoms with Gasteiger partial charge in [0, 0.05) is 25.7 Å². The normalized spacial score (nSPS) is 21.5. The lowest BCUT2D eigenvalue weighted by Crippen LogP contribution is -2.45. The summed E-state index contributed by atoms with van der Waals surface area (Å²) < 4.78 is 0. The van der Waals surface area contributed by atoms with Crippen LogP contribution in [0.1, 0.15) is 26.7 Å². The molecule has 0 aromatic rings. The highest BCUT2D eigenvalue weighted by atomic mass is 16.3. The molecule has 0 saturated carbocycles. The lowest BCUT2D eigenvalue weighted by atomic mass is 10.1. The smallest absolute Gasteiger partial charge is 0.320 e. The van der Waals surface area contributed by atoms with Gasteiger partial charge in [0.05, 0.1) is 6.61 Å². The van der Waals surface area contributed by atoms with E-state index in [1.165, 1.54) is 0 Å². The van der Waals surface area contributed by atoms with Gasteiger partial charge >= 0.3 is 6.03 Å². The molecule has 2 amide bonds. The molecule has 0 bridgehead atoms. The van der Waals surface area contributed by atoms with E-state index in [9.17, 15) is 4.79 Å². The number of urea groups is 1. The number of amides is 2. The third kappa shape index (κ3) is 3.57. The van der Waals surface area contributed by atoms with Crippen molar-refractivity contribution in [2.75, 3.05) is 39.3 Å². The van der Waals surface area contributed by atoms with Crippen LogP contribution in [-0.4, -0.2) is 66.3 Å². The summed E-state index contributed by atoms with van der Waals surface area (Å²) in [6.45, 7) is 8.14. The minimum atomic E-state index is 0.0613. The van der Waals surface area contributed by atoms with Crippen LogP contribution >= 0.6 is 0 Å². The zero-order valence-electron chi connectivity index (χ0n) is 11.0. The Morgan fingerprint density at radius 2 is 1.94 bits per heavy atom. The fraction of sp³-hybridized carbons (Fsp3) is 0.917. The molecule has 2 aliphatic heterocycles. The Bertz CT molecular complexity index is 230. The van der Waals surface area contributed by atoms with Crippen LogP contribution in [0.3, 0.4) is 0 Å². The molecular weight excluding hydrogens is 218 g/mol. The van der Waals surface area contributed by atoms with Gasteiger partial charge < -0.3 is 20.2 Å². The minimum absolute atomic E-state index is 0.0613. The van der Waals surface area contributed by atoms with Crippen molar-refractivity contribution < 1.29 is 9.90 Å². The second-order valence-corrected chi connectivity index (χ2v) is 4.17. The maximum absolute atomic E-state index is 11.9. The summed E-state index contributed by atoms with van der Waals surface area (Å²) in [5.41, 5.74) is 0. The van der Waals surface area contributed by atoms with Gasteiger partial charge in [-0.25, -0.2) is 4.79 Å². The number of β-amino-alcohol motifs (C(OH)–C–C–N with tert-alkyl or cyclic N) is 1. The average molecular weight is 243 g/mol. The van der Waals surface area contributed by atoms with Crippen LogP contribution in [0, 0.1) is 0 Å². The Kier molecular flexibility index (Phi) is 6.29. The molecule has 2 saturated heterocycles. The highest BCUT2D eigenvalue weighted by Gasteiger charge is 2.33. The molecule has 17 heavy (non-hydrogen) atoms. The third-order valence-electron chi connectivity index (χ3n) is 3.25. The number of carbonyl (C=O) groups is 1. The van der Waals surface area contributed by atoms with Gasteiger partial charge in [0.25, 0.3) is 0 Å². The molecular formula is C12H25N3O2. The number of rotatable bonds is 3. The molecule has 100 valence electrons. The monoisotopic (exact) mass is 243 g/mol. The van der Waals surface area contributed by atoms with Gasteiger partial charge in [0.15, 0.2) is 0 Å². The van der Waals surface area contributed by atoms with Crippen LogP contribution in [0.2, 0.25) is 0 Å². The Hall–Kier alpha value is -0.810. The summed E-state index contributed by atoms with van der Waals surface area (Å²) in [7, 11) is 0. The first-order valence-corrected chi connectivity index (χ1v) is 6.70. The van der Waals surface area contributed by atoms with Crippen LogP contribution in [0.5, 0.6) is 0 Å². The van der Waals surface area contributed by atoms with Crippen molar-refractivity contribution in [2.24, 2.45) is 0 Å². The van der Waals surface area contributed by atoms with Crippen molar-refractivity contribution in [2.45, 2.75) is 32.7 Å². The van der Waals surface area contributed by atoms with Crippen molar-refractivity contribution in [1.29, 1.82) is 0 Å². The van der Waals surface area contributed by atoms with Gasteiger partial charge in [-0.05, 0) is 25.9 Å². The van der Waals surface area contributed by atoms with Crippen molar-refractivity contribution in [1.82, 2.24) is 15.1 Å². The molecule has 2 aliphatic rings. The van der Waals surface area contributed by atoms with Gasteiger partial charge in [-0.15, -0.1) is 0 Å². The highest BCUT2D eigenvalue weighted by molar-refractivity contribution is 5.76. The largest absolute Gasteiger partial charge is 0.395 e. The number of hydrogen-bond acceptors (Lipinski definition) is 3. The van der Waals surface area contributed by atoms with Gasteiger partial charge in [0.1, 0.15) is 0 Å². The number of nitrogens with one attached hydrogen (secondary N) is 1. The SMILES string of the molecule is CC.O=C1N(CCO)CCN1C1CCNCC1. The van der Waals surface area contributed by atoms with E-state index in [0.717, 1.165) is 39.0 Å². The molecule has 2 heterocycles. The van der Waals surface area contributed by atoms with E-state index >= 15 is 0 Å². The molecule has 0 spiro atoms. The Labute approximate surface area is 104 Å². The molecule has 2 fully saturated rings. The maximum Gasteiger partial charge on any atom is 0.320 e. The summed E-state index contributed by atoms with van der Waals surface area (Å²) in [6, 6.07) is 0.512. The summed E-state index contributed by atoms with van der Waals surface area (Å²) in [4.78, 5) is 15.6. The lowest BCUT2D eigenvalue weighted by Gasteiger charge is -2.31. The fourth-order valence-electron chi connectivity index (χ4n) is 2.39. The van der Waals surface area contributed by atoms with Gasteiger partial charge in [-0.2, -0.15) is 0 Å². The van der Waals surface area contributed by atoms with E-state index < -0.39 is 0 Å². The molecule has 0 unspecified atom stereocenters. The third-order valence-corrected chi connectivity index (χ3v) is 3.25. The molecule has 5 heteroatoms. The fourth-order valence-corrected chi connectivity index (χ4v) is 2.39. The van der Waals surface area contributed by atoms with Crippen molar-refractivity contribution >= 4 is 6.03 Å². The second-order valence-electron chi connectivity index (χ2n) is 4.17. The van der Waals surface area contributed by atoms with Gasteiger partial charge in [0.2, 0.25) is 0 Å². The van der Waals surface area contributed by atoms with E-state index in [1.54, 1.807) is 4.90 Å². The van der Waals surface area contributed by atoms with Gasteiger partial charge in [-0.1, -0.05) is 13.8 Å². The van der Waals surface area contributed by atoms with Crippen LogP contribution in [0.25, 0.3) is 0 Å². The van der Waals surface area contributed by atoms with Crippen LogP contribution in [-0.2, 0) is 0 Å². The Balaban J connectivity index is 0.000000686. The molecule has 0 aliphatic carbocycles. The summed E-state index contributed by atoms with van der Waals surface area (Å²) in [5.74, 6) is 0. The highest BCUT2D eigenvalue weighted by Crippen LogP contribution is 2.18. The molecule has 2 rings (SSSR count). The van der Waals surface area contributed by atoms with E-state index in [2.05, 4.69) is 5.32 Å². The second kappa shape index (κ2) is 7.50. The zero-order valence-corrected chi connectivity index (χ0v) is 11.0. The first kappa shape index (κ1) is 14.3. The number of nitrogens with zero attached hydrogens (tertiary/aromatic N) is 2. The summed E-state index contributed by atoms with van der Waals surface area (Å²) in [6.07, 6.45) is 2.11. The number of aliphatic hydroxyl groups excluding tert-OH is 1. The first-order chi connectivity index (χ1) is 8.33. The summed E-state index contributed by atoms with van der Waals surface area (Å²) in [5, 5.41) is 12.1. The maximum atomic E-state index is 11.9. The van der Waals surface area contributed by atoms with Crippen LogP contribution in [0.15, 0.2) is 0 Å². The standard InChI is InChI=1S/C10H19N3O2.C2H6/c14-8-7-12-5-6-13(10(12)15)9-1-3-11-4-2-9;1-2/h9,11,14H,1-8H2;1-2H3. The molecule has 0 atom stereocenters. The van der Waals surface area contributed by atoms with Gasteiger partial charge in [-0.3, -0.25) is 0 Å². The average Bonchev–Trinajstić information content (AvgIpc) is 2.75. The van der Waals surface area contributed by atoms with E-state index in [-0.39, 0.29) is 12.6 Å². The Morgan fingerprint density at radius 1 is 1.29 bits per heavy atom. The van der Waals surface area contributed by atoms with Crippen molar-refractivity contribution in [3.05, 3.63) is 0 Å². The van der Waals surface area contributed by atoms with Crippen molar-refractivity contribution in [3.8, 4) is 0 Å². The van der Waals surface area contributed by atoms with E-state index in [4.69, 9.17) is 5.11 Å². The molecule has 2 N–H and O–H groups in total. The van der Waals surface area contributed by atoms with Crippen LogP contribution in [0.4, 0.5) is 4.79 Å². The Morgan fingerprint density at radius 3 is 2.53 bits per heavy atom. The van der Waals surface area contributed by atoms with E-state index in [1.807, 2.05) is 18.7 Å².